The predicted molar refractivity (Wildman–Crippen MR) is 104 cm³/mol. The Morgan fingerprint density at radius 3 is 2.83 bits per heavy atom. The van der Waals surface area contributed by atoms with E-state index in [1.165, 1.54) is 7.11 Å². The van der Waals surface area contributed by atoms with E-state index in [2.05, 4.69) is 5.16 Å². The summed E-state index contributed by atoms with van der Waals surface area (Å²) in [7, 11) is 1.54. The van der Waals surface area contributed by atoms with Gasteiger partial charge in [-0.1, -0.05) is 17.3 Å². The third kappa shape index (κ3) is 4.34. The molecule has 0 aliphatic carbocycles. The van der Waals surface area contributed by atoms with Crippen molar-refractivity contribution in [2.75, 3.05) is 13.7 Å². The Morgan fingerprint density at radius 1 is 1.17 bits per heavy atom. The third-order valence-corrected chi connectivity index (χ3v) is 4.54. The lowest BCUT2D eigenvalue weighted by molar-refractivity contribution is -0.147. The van der Waals surface area contributed by atoms with Gasteiger partial charge >= 0.3 is 5.97 Å². The van der Waals surface area contributed by atoms with Gasteiger partial charge in [0.1, 0.15) is 24.2 Å². The zero-order valence-corrected chi connectivity index (χ0v) is 16.2. The minimum atomic E-state index is -0.510. The Hall–Kier alpha value is -3.48. The third-order valence-electron chi connectivity index (χ3n) is 4.54. The molecule has 2 heterocycles. The fourth-order valence-electron chi connectivity index (χ4n) is 3.16. The standard InChI is InChI=1S/C22H21NO6/c1-14-9-16-10-15(7-8-18(16)28-14)21-11-17(23-29-21)12-27-22(24)13-26-20-6-4-3-5-19(20)25-2/h3-8,10-11,14H,9,12-13H2,1-2H3/t14-/m0/s1. The molecule has 1 atom stereocenters. The summed E-state index contributed by atoms with van der Waals surface area (Å²) in [6.07, 6.45) is 1.05. The van der Waals surface area contributed by atoms with Crippen molar-refractivity contribution in [2.45, 2.75) is 26.1 Å². The number of para-hydroxylation sites is 2. The fraction of sp³-hybridized carbons (Fsp3) is 0.273. The van der Waals surface area contributed by atoms with Gasteiger partial charge in [0.2, 0.25) is 0 Å². The van der Waals surface area contributed by atoms with Crippen LogP contribution in [0.4, 0.5) is 0 Å². The van der Waals surface area contributed by atoms with Gasteiger partial charge in [-0.3, -0.25) is 0 Å². The number of carbonyl (C=O) groups is 1. The molecule has 0 spiro atoms. The molecule has 0 fully saturated rings. The van der Waals surface area contributed by atoms with E-state index in [1.807, 2.05) is 31.2 Å². The molecule has 1 aromatic heterocycles. The van der Waals surface area contributed by atoms with E-state index in [-0.39, 0.29) is 19.3 Å². The first-order valence-corrected chi connectivity index (χ1v) is 9.29. The minimum absolute atomic E-state index is 0.00268. The number of hydrogen-bond donors (Lipinski definition) is 0. The molecule has 150 valence electrons. The lowest BCUT2D eigenvalue weighted by Crippen LogP contribution is -2.15. The average Bonchev–Trinajstić information content (AvgIpc) is 3.35. The summed E-state index contributed by atoms with van der Waals surface area (Å²) in [6, 6.07) is 14.7. The van der Waals surface area contributed by atoms with Gasteiger partial charge in [0.15, 0.2) is 23.9 Å². The van der Waals surface area contributed by atoms with Crippen LogP contribution in [0.15, 0.2) is 53.1 Å². The number of hydrogen-bond acceptors (Lipinski definition) is 7. The number of ether oxygens (including phenoxy) is 4. The Labute approximate surface area is 168 Å². The van der Waals surface area contributed by atoms with Crippen LogP contribution in [0.25, 0.3) is 11.3 Å². The van der Waals surface area contributed by atoms with Crippen LogP contribution in [0, 0.1) is 0 Å². The quantitative estimate of drug-likeness (QED) is 0.563. The Kier molecular flexibility index (Phi) is 5.37. The van der Waals surface area contributed by atoms with Crippen LogP contribution in [0.5, 0.6) is 17.2 Å². The summed E-state index contributed by atoms with van der Waals surface area (Å²) >= 11 is 0. The molecule has 0 bridgehead atoms. The molecule has 0 amide bonds. The van der Waals surface area contributed by atoms with E-state index in [1.54, 1.807) is 24.3 Å². The molecule has 0 saturated carbocycles. The first kappa shape index (κ1) is 18.9. The molecule has 0 N–H and O–H groups in total. The lowest BCUT2D eigenvalue weighted by Gasteiger charge is -2.09. The summed E-state index contributed by atoms with van der Waals surface area (Å²) in [6.45, 7) is 1.81. The Bertz CT molecular complexity index is 1010. The first-order chi connectivity index (χ1) is 14.1. The van der Waals surface area contributed by atoms with E-state index in [0.29, 0.717) is 23.0 Å². The normalized spacial score (nSPS) is 14.8. The number of carbonyl (C=O) groups excluding carboxylic acids is 1. The van der Waals surface area contributed by atoms with Crippen LogP contribution in [-0.4, -0.2) is 30.9 Å². The van der Waals surface area contributed by atoms with Crippen molar-refractivity contribution in [3.8, 4) is 28.6 Å². The van der Waals surface area contributed by atoms with Gasteiger partial charge in [0.05, 0.1) is 7.11 Å². The number of aromatic nitrogens is 1. The molecule has 0 unspecified atom stereocenters. The summed E-state index contributed by atoms with van der Waals surface area (Å²) in [5.41, 5.74) is 2.58. The van der Waals surface area contributed by atoms with E-state index in [0.717, 1.165) is 23.3 Å². The monoisotopic (exact) mass is 395 g/mol. The summed E-state index contributed by atoms with van der Waals surface area (Å²) in [5, 5.41) is 3.97. The highest BCUT2D eigenvalue weighted by atomic mass is 16.6. The molecular formula is C22H21NO6. The van der Waals surface area contributed by atoms with Crippen molar-refractivity contribution < 1.29 is 28.3 Å². The van der Waals surface area contributed by atoms with Gasteiger partial charge in [-0.2, -0.15) is 0 Å². The molecule has 4 rings (SSSR count). The second-order valence-electron chi connectivity index (χ2n) is 6.74. The van der Waals surface area contributed by atoms with Gasteiger partial charge in [-0.25, -0.2) is 4.79 Å². The molecule has 0 radical (unpaired) electrons. The Morgan fingerprint density at radius 2 is 2.00 bits per heavy atom. The number of esters is 1. The number of benzene rings is 2. The largest absolute Gasteiger partial charge is 0.493 e. The predicted octanol–water partition coefficient (Wildman–Crippen LogP) is 3.80. The van der Waals surface area contributed by atoms with Crippen molar-refractivity contribution in [3.63, 3.8) is 0 Å². The van der Waals surface area contributed by atoms with Crippen LogP contribution in [-0.2, 0) is 22.6 Å². The number of rotatable bonds is 7. The van der Waals surface area contributed by atoms with Gasteiger partial charge in [-0.15, -0.1) is 0 Å². The maximum atomic E-state index is 12.0. The van der Waals surface area contributed by atoms with E-state index < -0.39 is 5.97 Å². The van der Waals surface area contributed by atoms with Crippen molar-refractivity contribution in [3.05, 3.63) is 59.8 Å². The van der Waals surface area contributed by atoms with Crippen molar-refractivity contribution in [2.24, 2.45) is 0 Å². The molecule has 2 aromatic carbocycles. The highest BCUT2D eigenvalue weighted by Crippen LogP contribution is 2.33. The maximum Gasteiger partial charge on any atom is 0.344 e. The van der Waals surface area contributed by atoms with Gasteiger partial charge < -0.3 is 23.5 Å². The number of nitrogens with zero attached hydrogens (tertiary/aromatic N) is 1. The summed E-state index contributed by atoms with van der Waals surface area (Å²) < 4.78 is 27.0. The van der Waals surface area contributed by atoms with Crippen molar-refractivity contribution in [1.29, 1.82) is 0 Å². The lowest BCUT2D eigenvalue weighted by atomic mass is 10.1. The first-order valence-electron chi connectivity index (χ1n) is 9.29. The number of methoxy groups -OCH3 is 1. The van der Waals surface area contributed by atoms with Crippen molar-refractivity contribution >= 4 is 5.97 Å². The van der Waals surface area contributed by atoms with Gasteiger partial charge in [0, 0.05) is 18.1 Å². The van der Waals surface area contributed by atoms with Crippen molar-refractivity contribution in [1.82, 2.24) is 5.16 Å². The van der Waals surface area contributed by atoms with Crippen LogP contribution in [0.3, 0.4) is 0 Å². The highest BCUT2D eigenvalue weighted by Gasteiger charge is 2.20. The van der Waals surface area contributed by atoms with Crippen LogP contribution in [0.1, 0.15) is 18.2 Å². The van der Waals surface area contributed by atoms with Gasteiger partial charge in [0.25, 0.3) is 0 Å². The minimum Gasteiger partial charge on any atom is -0.493 e. The highest BCUT2D eigenvalue weighted by molar-refractivity contribution is 5.71. The van der Waals surface area contributed by atoms with Gasteiger partial charge in [-0.05, 0) is 42.8 Å². The second kappa shape index (κ2) is 8.26. The topological polar surface area (TPSA) is 80.0 Å². The molecular weight excluding hydrogens is 374 g/mol. The number of fused-ring (bicyclic) bond motifs is 1. The summed E-state index contributed by atoms with van der Waals surface area (Å²) in [4.78, 5) is 12.0. The SMILES string of the molecule is COc1ccccc1OCC(=O)OCc1cc(-c2ccc3c(c2)C[C@H](C)O3)on1. The Balaban J connectivity index is 1.32. The van der Waals surface area contributed by atoms with Crippen LogP contribution in [0.2, 0.25) is 0 Å². The van der Waals surface area contributed by atoms with Crippen LogP contribution < -0.4 is 14.2 Å². The van der Waals surface area contributed by atoms with E-state index in [4.69, 9.17) is 23.5 Å². The second-order valence-corrected chi connectivity index (χ2v) is 6.74. The fourth-order valence-corrected chi connectivity index (χ4v) is 3.16. The molecule has 3 aromatic rings. The van der Waals surface area contributed by atoms with E-state index in [9.17, 15) is 4.79 Å². The molecule has 1 aliphatic rings. The average molecular weight is 395 g/mol. The molecule has 7 nitrogen and oxygen atoms in total. The molecule has 1 aliphatic heterocycles. The van der Waals surface area contributed by atoms with E-state index >= 15 is 0 Å². The molecule has 29 heavy (non-hydrogen) atoms. The molecule has 7 heteroatoms. The molecule has 0 saturated heterocycles. The van der Waals surface area contributed by atoms with Crippen LogP contribution >= 0.6 is 0 Å². The zero-order chi connectivity index (χ0) is 20.2. The maximum absolute atomic E-state index is 12.0. The smallest absolute Gasteiger partial charge is 0.344 e. The summed E-state index contributed by atoms with van der Waals surface area (Å²) in [5.74, 6) is 2.04. The zero-order valence-electron chi connectivity index (χ0n) is 16.2.